The van der Waals surface area contributed by atoms with E-state index in [1.165, 1.54) is 18.2 Å². The third-order valence-electron chi connectivity index (χ3n) is 3.92. The zero-order valence-corrected chi connectivity index (χ0v) is 13.7. The van der Waals surface area contributed by atoms with Crippen molar-refractivity contribution in [2.45, 2.75) is 6.18 Å². The summed E-state index contributed by atoms with van der Waals surface area (Å²) in [6, 6.07) is 21.9. The minimum Gasteiger partial charge on any atom is -0.289 e. The molecule has 0 aliphatic carbocycles. The first-order chi connectivity index (χ1) is 12.4. The zero-order chi connectivity index (χ0) is 18.6. The van der Waals surface area contributed by atoms with Crippen LogP contribution in [0, 0.1) is 0 Å². The number of carbonyl (C=O) groups is 1. The Balaban J connectivity index is 1.75. The van der Waals surface area contributed by atoms with E-state index in [1.807, 2.05) is 54.6 Å². The Bertz CT molecular complexity index is 924. The molecule has 0 N–H and O–H groups in total. The minimum absolute atomic E-state index is 0.0111. The second kappa shape index (κ2) is 7.40. The van der Waals surface area contributed by atoms with E-state index in [0.29, 0.717) is 0 Å². The molecule has 0 amide bonds. The normalized spacial score (nSPS) is 11.7. The van der Waals surface area contributed by atoms with Crippen molar-refractivity contribution >= 4 is 11.9 Å². The van der Waals surface area contributed by atoms with Crippen molar-refractivity contribution in [3.63, 3.8) is 0 Å². The van der Waals surface area contributed by atoms with E-state index in [2.05, 4.69) is 0 Å². The predicted octanol–water partition coefficient (Wildman–Crippen LogP) is 6.27. The van der Waals surface area contributed by atoms with E-state index in [9.17, 15) is 18.0 Å². The minimum atomic E-state index is -4.47. The van der Waals surface area contributed by atoms with E-state index in [0.717, 1.165) is 28.8 Å². The summed E-state index contributed by atoms with van der Waals surface area (Å²) >= 11 is 0. The van der Waals surface area contributed by atoms with Crippen molar-refractivity contribution < 1.29 is 18.0 Å². The fourth-order valence-electron chi connectivity index (χ4n) is 2.53. The molecule has 0 bridgehead atoms. The zero-order valence-electron chi connectivity index (χ0n) is 13.7. The molecule has 0 spiro atoms. The molecular weight excluding hydrogens is 337 g/mol. The topological polar surface area (TPSA) is 17.1 Å². The molecule has 0 unspecified atom stereocenters. The standard InChI is InChI=1S/C22H15F3O/c23-22(24,25)20-8-4-7-19(15-20)21(26)14-11-16-9-12-18(13-10-16)17-5-2-1-3-6-17/h1-15H. The monoisotopic (exact) mass is 352 g/mol. The summed E-state index contributed by atoms with van der Waals surface area (Å²) < 4.78 is 38.2. The Morgan fingerprint density at radius 1 is 0.769 bits per heavy atom. The SMILES string of the molecule is O=C(C=Cc1ccc(-c2ccccc2)cc1)c1cccc(C(F)(F)F)c1. The van der Waals surface area contributed by atoms with Crippen LogP contribution in [-0.4, -0.2) is 5.78 Å². The largest absolute Gasteiger partial charge is 0.416 e. The molecule has 1 nitrogen and oxygen atoms in total. The van der Waals surface area contributed by atoms with Gasteiger partial charge in [0.1, 0.15) is 0 Å². The molecule has 3 aromatic carbocycles. The first-order valence-electron chi connectivity index (χ1n) is 7.99. The molecule has 0 aliphatic heterocycles. The summed E-state index contributed by atoms with van der Waals surface area (Å²) in [4.78, 5) is 12.1. The number of hydrogen-bond acceptors (Lipinski definition) is 1. The molecule has 0 atom stereocenters. The number of ketones is 1. The first-order valence-corrected chi connectivity index (χ1v) is 7.99. The van der Waals surface area contributed by atoms with Gasteiger partial charge in [-0.05, 0) is 34.9 Å². The summed E-state index contributed by atoms with van der Waals surface area (Å²) in [5.74, 6) is -0.469. The molecule has 3 aromatic rings. The van der Waals surface area contributed by atoms with Gasteiger partial charge in [0.25, 0.3) is 0 Å². The average molecular weight is 352 g/mol. The second-order valence-corrected chi connectivity index (χ2v) is 5.76. The van der Waals surface area contributed by atoms with Crippen molar-refractivity contribution in [2.75, 3.05) is 0 Å². The molecule has 0 fully saturated rings. The maximum Gasteiger partial charge on any atom is 0.416 e. The van der Waals surface area contributed by atoms with Crippen LogP contribution in [0.5, 0.6) is 0 Å². The number of rotatable bonds is 4. The highest BCUT2D eigenvalue weighted by molar-refractivity contribution is 6.06. The molecule has 0 aromatic heterocycles. The molecule has 0 aliphatic rings. The molecule has 130 valence electrons. The quantitative estimate of drug-likeness (QED) is 0.399. The van der Waals surface area contributed by atoms with Crippen molar-refractivity contribution in [2.24, 2.45) is 0 Å². The summed E-state index contributed by atoms with van der Waals surface area (Å²) in [6.07, 6.45) is -1.59. The van der Waals surface area contributed by atoms with Crippen LogP contribution in [-0.2, 0) is 6.18 Å². The van der Waals surface area contributed by atoms with Crippen molar-refractivity contribution in [1.82, 2.24) is 0 Å². The van der Waals surface area contributed by atoms with Gasteiger partial charge in [-0.25, -0.2) is 0 Å². The summed E-state index contributed by atoms with van der Waals surface area (Å²) in [6.45, 7) is 0. The van der Waals surface area contributed by atoms with Gasteiger partial charge in [0.2, 0.25) is 0 Å². The van der Waals surface area contributed by atoms with Crippen molar-refractivity contribution in [3.8, 4) is 11.1 Å². The highest BCUT2D eigenvalue weighted by Gasteiger charge is 2.30. The van der Waals surface area contributed by atoms with E-state index >= 15 is 0 Å². The maximum absolute atomic E-state index is 12.7. The van der Waals surface area contributed by atoms with Crippen LogP contribution >= 0.6 is 0 Å². The molecule has 0 heterocycles. The molecule has 4 heteroatoms. The number of hydrogen-bond donors (Lipinski definition) is 0. The lowest BCUT2D eigenvalue weighted by Gasteiger charge is -2.07. The van der Waals surface area contributed by atoms with Gasteiger partial charge < -0.3 is 0 Å². The molecule has 3 rings (SSSR count). The van der Waals surface area contributed by atoms with Crippen LogP contribution in [0.2, 0.25) is 0 Å². The lowest BCUT2D eigenvalue weighted by Crippen LogP contribution is -2.06. The van der Waals surface area contributed by atoms with E-state index in [1.54, 1.807) is 6.08 Å². The Morgan fingerprint density at radius 3 is 2.08 bits per heavy atom. The van der Waals surface area contributed by atoms with Gasteiger partial charge in [0, 0.05) is 5.56 Å². The Morgan fingerprint density at radius 2 is 1.42 bits per heavy atom. The third-order valence-corrected chi connectivity index (χ3v) is 3.92. The fourth-order valence-corrected chi connectivity index (χ4v) is 2.53. The molecular formula is C22H15F3O. The van der Waals surface area contributed by atoms with Crippen LogP contribution in [0.4, 0.5) is 13.2 Å². The molecule has 0 saturated heterocycles. The summed E-state index contributed by atoms with van der Waals surface area (Å²) in [5, 5.41) is 0. The number of allylic oxidation sites excluding steroid dienone is 1. The van der Waals surface area contributed by atoms with Crippen molar-refractivity contribution in [3.05, 3.63) is 102 Å². The van der Waals surface area contributed by atoms with Gasteiger partial charge in [-0.1, -0.05) is 72.8 Å². The molecule has 0 radical (unpaired) electrons. The smallest absolute Gasteiger partial charge is 0.289 e. The van der Waals surface area contributed by atoms with E-state index in [4.69, 9.17) is 0 Å². The van der Waals surface area contributed by atoms with Crippen LogP contribution in [0.25, 0.3) is 17.2 Å². The number of benzene rings is 3. The molecule has 0 saturated carbocycles. The first kappa shape index (κ1) is 17.7. The van der Waals surface area contributed by atoms with Gasteiger partial charge in [-0.3, -0.25) is 4.79 Å². The Kier molecular flexibility index (Phi) is 5.03. The van der Waals surface area contributed by atoms with Crippen LogP contribution < -0.4 is 0 Å². The Hall–Kier alpha value is -3.14. The predicted molar refractivity (Wildman–Crippen MR) is 96.7 cm³/mol. The summed E-state index contributed by atoms with van der Waals surface area (Å²) in [5.41, 5.74) is 2.11. The molecule has 26 heavy (non-hydrogen) atoms. The van der Waals surface area contributed by atoms with Gasteiger partial charge in [-0.2, -0.15) is 13.2 Å². The number of halogens is 3. The fraction of sp³-hybridized carbons (Fsp3) is 0.0455. The van der Waals surface area contributed by atoms with Gasteiger partial charge >= 0.3 is 6.18 Å². The highest BCUT2D eigenvalue weighted by Crippen LogP contribution is 2.29. The highest BCUT2D eigenvalue weighted by atomic mass is 19.4. The van der Waals surface area contributed by atoms with Crippen LogP contribution in [0.3, 0.4) is 0 Å². The maximum atomic E-state index is 12.7. The number of carbonyl (C=O) groups excluding carboxylic acids is 1. The lowest BCUT2D eigenvalue weighted by atomic mass is 10.0. The lowest BCUT2D eigenvalue weighted by molar-refractivity contribution is -0.137. The third kappa shape index (κ3) is 4.28. The average Bonchev–Trinajstić information content (AvgIpc) is 2.66. The second-order valence-electron chi connectivity index (χ2n) is 5.76. The van der Waals surface area contributed by atoms with E-state index < -0.39 is 17.5 Å². The van der Waals surface area contributed by atoms with Gasteiger partial charge in [-0.15, -0.1) is 0 Å². The number of alkyl halides is 3. The van der Waals surface area contributed by atoms with Crippen LogP contribution in [0.1, 0.15) is 21.5 Å². The Labute approximate surface area is 149 Å². The summed E-state index contributed by atoms with van der Waals surface area (Å²) in [7, 11) is 0. The van der Waals surface area contributed by atoms with Gasteiger partial charge in [0.05, 0.1) is 5.56 Å². The van der Waals surface area contributed by atoms with Crippen LogP contribution in [0.15, 0.2) is 84.9 Å². The van der Waals surface area contributed by atoms with Crippen molar-refractivity contribution in [1.29, 1.82) is 0 Å². The van der Waals surface area contributed by atoms with Gasteiger partial charge in [0.15, 0.2) is 5.78 Å². The van der Waals surface area contributed by atoms with E-state index in [-0.39, 0.29) is 5.56 Å².